The van der Waals surface area contributed by atoms with Crippen molar-refractivity contribution in [1.29, 1.82) is 0 Å². The largest absolute Gasteiger partial charge is 2.00 e. The Kier molecular flexibility index (Phi) is 76.3. The van der Waals surface area contributed by atoms with Gasteiger partial charge in [-0.25, -0.2) is 0 Å². The molecule has 354 valence electrons. The van der Waals surface area contributed by atoms with Gasteiger partial charge in [0.15, 0.2) is 0 Å². The summed E-state index contributed by atoms with van der Waals surface area (Å²) in [4.78, 5) is 30.6. The minimum Gasteiger partial charge on any atom is -0.550 e. The first kappa shape index (κ1) is 70.5. The summed E-state index contributed by atoms with van der Waals surface area (Å²) in [6.07, 6.45) is 62.7. The molecule has 0 heterocycles. The molecule has 0 aromatic carbocycles. The van der Waals surface area contributed by atoms with E-state index in [2.05, 4.69) is 57.2 Å². The Balaban J connectivity index is -0.000000258. The SMILES string of the molecule is CCCCCCCC/C=C\CCCCCCCC(=O)[O-].CCCCCCCC/C=C\CCCCCCCC(=O)[O-].CCCCCCCC/C=C\CCCCCCCC(=O)[O-].[Ca+2].[Li+]. The molecule has 0 radical (unpaired) electrons. The number of carboxylic acids is 3. The molecule has 0 rings (SSSR count). The van der Waals surface area contributed by atoms with E-state index in [4.69, 9.17) is 0 Å². The first-order valence-electron chi connectivity index (χ1n) is 25.9. The van der Waals surface area contributed by atoms with Crippen LogP contribution in [0.4, 0.5) is 0 Å². The van der Waals surface area contributed by atoms with E-state index < -0.39 is 17.9 Å². The van der Waals surface area contributed by atoms with Crippen LogP contribution in [0.3, 0.4) is 0 Å². The number of aliphatic carboxylic acids is 3. The molecule has 0 saturated carbocycles. The Morgan fingerprint density at radius 2 is 0.419 bits per heavy atom. The van der Waals surface area contributed by atoms with E-state index in [1.165, 1.54) is 193 Å². The van der Waals surface area contributed by atoms with E-state index in [1.54, 1.807) is 0 Å². The molecule has 0 bridgehead atoms. The van der Waals surface area contributed by atoms with Crippen LogP contribution in [-0.4, -0.2) is 55.6 Å². The van der Waals surface area contributed by atoms with Gasteiger partial charge in [0.1, 0.15) is 0 Å². The molecule has 0 unspecified atom stereocenters. The molecule has 6 nitrogen and oxygen atoms in total. The molecule has 62 heavy (non-hydrogen) atoms. The van der Waals surface area contributed by atoms with Gasteiger partial charge in [-0.1, -0.05) is 211 Å². The summed E-state index contributed by atoms with van der Waals surface area (Å²) in [5.41, 5.74) is 0. The summed E-state index contributed by atoms with van der Waals surface area (Å²) in [7, 11) is 0. The molecule has 0 saturated heterocycles. The smallest absolute Gasteiger partial charge is 0.550 e. The first-order valence-corrected chi connectivity index (χ1v) is 25.9. The van der Waals surface area contributed by atoms with Gasteiger partial charge >= 0.3 is 56.6 Å². The van der Waals surface area contributed by atoms with Gasteiger partial charge in [-0.15, -0.1) is 0 Å². The van der Waals surface area contributed by atoms with Gasteiger partial charge in [0, 0.05) is 17.9 Å². The van der Waals surface area contributed by atoms with Gasteiger partial charge in [0.05, 0.1) is 0 Å². The zero-order chi connectivity index (χ0) is 44.7. The van der Waals surface area contributed by atoms with Crippen molar-refractivity contribution < 1.29 is 48.6 Å². The fourth-order valence-corrected chi connectivity index (χ4v) is 7.02. The Morgan fingerprint density at radius 1 is 0.274 bits per heavy atom. The molecule has 0 aromatic heterocycles. The molecule has 0 N–H and O–H groups in total. The fourth-order valence-electron chi connectivity index (χ4n) is 7.02. The van der Waals surface area contributed by atoms with Crippen LogP contribution in [0.2, 0.25) is 0 Å². The van der Waals surface area contributed by atoms with E-state index in [1.807, 2.05) is 0 Å². The Hall–Kier alpha value is -0.513. The van der Waals surface area contributed by atoms with Gasteiger partial charge < -0.3 is 29.7 Å². The number of allylic oxidation sites excluding steroid dienone is 6. The second-order valence-electron chi connectivity index (χ2n) is 17.1. The van der Waals surface area contributed by atoms with Crippen molar-refractivity contribution in [2.75, 3.05) is 0 Å². The number of hydrogen-bond donors (Lipinski definition) is 0. The topological polar surface area (TPSA) is 120 Å². The van der Waals surface area contributed by atoms with Crippen LogP contribution in [0.15, 0.2) is 36.5 Å². The molecule has 0 aliphatic carbocycles. The average molecular weight is 891 g/mol. The summed E-state index contributed by atoms with van der Waals surface area (Å²) in [5.74, 6) is -2.74. The van der Waals surface area contributed by atoms with Gasteiger partial charge in [0.2, 0.25) is 0 Å². The summed E-state index contributed by atoms with van der Waals surface area (Å²) in [6, 6.07) is 0. The van der Waals surface area contributed by atoms with Crippen LogP contribution in [-0.2, 0) is 14.4 Å². The monoisotopic (exact) mass is 891 g/mol. The maximum absolute atomic E-state index is 10.2. The minimum atomic E-state index is -0.914. The van der Waals surface area contributed by atoms with Crippen molar-refractivity contribution in [3.63, 3.8) is 0 Å². The van der Waals surface area contributed by atoms with E-state index >= 15 is 0 Å². The first-order chi connectivity index (χ1) is 29.3. The summed E-state index contributed by atoms with van der Waals surface area (Å²) < 4.78 is 0. The molecule has 0 spiro atoms. The molecule has 0 aliphatic rings. The van der Waals surface area contributed by atoms with Gasteiger partial charge in [-0.2, -0.15) is 0 Å². The number of carboxylic acid groups (broad SMARTS) is 3. The summed E-state index contributed by atoms with van der Waals surface area (Å²) >= 11 is 0. The number of rotatable bonds is 45. The van der Waals surface area contributed by atoms with Crippen molar-refractivity contribution >= 4 is 55.6 Å². The van der Waals surface area contributed by atoms with Crippen molar-refractivity contribution in [2.24, 2.45) is 0 Å². The van der Waals surface area contributed by atoms with Crippen molar-refractivity contribution in [1.82, 2.24) is 0 Å². The van der Waals surface area contributed by atoms with Gasteiger partial charge in [-0.3, -0.25) is 0 Å². The van der Waals surface area contributed by atoms with E-state index in [0.29, 0.717) is 0 Å². The van der Waals surface area contributed by atoms with Gasteiger partial charge in [-0.05, 0) is 116 Å². The number of carbonyl (C=O) groups is 3. The molecule has 0 aliphatic heterocycles. The maximum Gasteiger partial charge on any atom is 2.00 e. The minimum absolute atomic E-state index is 0. The Morgan fingerprint density at radius 3 is 0.581 bits per heavy atom. The predicted octanol–water partition coefficient (Wildman–Crippen LogP) is 10.9. The Bertz CT molecular complexity index is 834. The van der Waals surface area contributed by atoms with E-state index in [0.717, 1.165) is 57.8 Å². The van der Waals surface area contributed by atoms with Crippen LogP contribution >= 0.6 is 0 Å². The van der Waals surface area contributed by atoms with Gasteiger partial charge in [0.25, 0.3) is 0 Å². The molecule has 0 fully saturated rings. The summed E-state index contributed by atoms with van der Waals surface area (Å²) in [6.45, 7) is 6.77. The zero-order valence-corrected chi connectivity index (χ0v) is 44.0. The fraction of sp³-hybridized carbons (Fsp3) is 0.833. The maximum atomic E-state index is 10.2. The summed E-state index contributed by atoms with van der Waals surface area (Å²) in [5, 5.41) is 30.6. The van der Waals surface area contributed by atoms with E-state index in [-0.39, 0.29) is 75.9 Å². The average Bonchev–Trinajstić information content (AvgIpc) is 3.22. The van der Waals surface area contributed by atoms with Crippen molar-refractivity contribution in [3.8, 4) is 0 Å². The predicted molar refractivity (Wildman–Crippen MR) is 259 cm³/mol. The van der Waals surface area contributed by atoms with Crippen LogP contribution in [0.5, 0.6) is 0 Å². The molecule has 0 amide bonds. The zero-order valence-electron chi connectivity index (χ0n) is 41.8. The van der Waals surface area contributed by atoms with Crippen molar-refractivity contribution in [3.05, 3.63) is 36.5 Å². The number of hydrogen-bond acceptors (Lipinski definition) is 6. The van der Waals surface area contributed by atoms with Crippen LogP contribution in [0, 0.1) is 0 Å². The molecular formula is C54H99CaLiO6. The normalized spacial score (nSPS) is 10.9. The van der Waals surface area contributed by atoms with Crippen LogP contribution < -0.4 is 34.2 Å². The quantitative estimate of drug-likeness (QED) is 0.0341. The molecular weight excluding hydrogens is 792 g/mol. The van der Waals surface area contributed by atoms with Crippen molar-refractivity contribution in [2.45, 2.75) is 290 Å². The standard InChI is InChI=1S/3C18H34O2.Ca.Li/c3*1-2-3-4-5-6-7-8-9-10-11-12-13-14-15-16-17-18(19)20;;/h3*9-10H,2-8,11-17H2,1H3,(H,19,20);;/q;;;+2;+1/p-3/b3*10-9-;;. The van der Waals surface area contributed by atoms with E-state index in [9.17, 15) is 29.7 Å². The molecule has 8 heteroatoms. The second kappa shape index (κ2) is 67.1. The number of carbonyl (C=O) groups excluding carboxylic acids is 3. The third-order valence-corrected chi connectivity index (χ3v) is 10.9. The molecule has 0 aromatic rings. The Labute approximate surface area is 427 Å². The third-order valence-electron chi connectivity index (χ3n) is 10.9. The second-order valence-corrected chi connectivity index (χ2v) is 17.1. The van der Waals surface area contributed by atoms with Crippen LogP contribution in [0.25, 0.3) is 0 Å². The third kappa shape index (κ3) is 79.8. The van der Waals surface area contributed by atoms with Crippen LogP contribution in [0.1, 0.15) is 290 Å². The molecule has 0 atom stereocenters. The number of unbranched alkanes of at least 4 members (excludes halogenated alkanes) is 33.